The lowest BCUT2D eigenvalue weighted by atomic mass is 9.92. The van der Waals surface area contributed by atoms with E-state index in [0.717, 1.165) is 5.57 Å². The molecule has 7 nitrogen and oxygen atoms in total. The Morgan fingerprint density at radius 3 is 2.73 bits per heavy atom. The highest BCUT2D eigenvalue weighted by Crippen LogP contribution is 2.44. The van der Waals surface area contributed by atoms with Crippen LogP contribution in [0.25, 0.3) is 0 Å². The van der Waals surface area contributed by atoms with Gasteiger partial charge in [-0.05, 0) is 32.8 Å². The number of rotatable bonds is 2. The van der Waals surface area contributed by atoms with Crippen molar-refractivity contribution in [2.45, 2.75) is 44.9 Å². The molecule has 3 atom stereocenters. The van der Waals surface area contributed by atoms with Gasteiger partial charge < -0.3 is 19.7 Å². The first-order valence-electron chi connectivity index (χ1n) is 8.59. The fourth-order valence-electron chi connectivity index (χ4n) is 3.53. The molecule has 0 saturated carbocycles. The summed E-state index contributed by atoms with van der Waals surface area (Å²) in [5.74, 6) is 3.73. The summed E-state index contributed by atoms with van der Waals surface area (Å²) in [7, 11) is 0. The number of ether oxygens (including phenoxy) is 2. The van der Waals surface area contributed by atoms with Gasteiger partial charge in [0.15, 0.2) is 5.94 Å². The number of nitrogens with one attached hydrogen (secondary N) is 1. The van der Waals surface area contributed by atoms with E-state index < -0.39 is 23.8 Å². The zero-order chi connectivity index (χ0) is 18.9. The van der Waals surface area contributed by atoms with Crippen LogP contribution < -0.4 is 5.32 Å². The second-order valence-electron chi connectivity index (χ2n) is 7.50. The number of carbonyl (C=O) groups excluding carboxylic acids is 3. The third kappa shape index (κ3) is 3.37. The summed E-state index contributed by atoms with van der Waals surface area (Å²) in [5.41, 5.74) is 0.818. The Morgan fingerprint density at radius 1 is 1.31 bits per heavy atom. The van der Waals surface area contributed by atoms with E-state index in [0.29, 0.717) is 17.8 Å². The topological polar surface area (TPSA) is 84.9 Å². The lowest BCUT2D eigenvalue weighted by Gasteiger charge is -2.30. The van der Waals surface area contributed by atoms with E-state index in [1.165, 1.54) is 0 Å². The van der Waals surface area contributed by atoms with Gasteiger partial charge in [0.05, 0.1) is 25.3 Å². The number of hydrogen-bond donors (Lipinski definition) is 1. The molecule has 1 aliphatic carbocycles. The maximum atomic E-state index is 12.1. The number of allylic oxidation sites excluding steroid dienone is 5. The quantitative estimate of drug-likeness (QED) is 0.754. The Labute approximate surface area is 152 Å². The summed E-state index contributed by atoms with van der Waals surface area (Å²) in [6, 6.07) is -0.827. The Kier molecular flexibility index (Phi) is 4.88. The standard InChI is InChI=1S/C19H22N2O5/c1-19(2,3)26-18(24)20-14-10-25-11-17(14)21-15(8-22)12-6-4-5-7-13(12)16(21)9-23/h4-6,13-14,17H,7,10-11H2,1-3H3,(H,20,24)/t13?,14-,17+/m0/s1. The van der Waals surface area contributed by atoms with Crippen molar-refractivity contribution in [2.75, 3.05) is 13.2 Å². The average molecular weight is 358 g/mol. The van der Waals surface area contributed by atoms with Crippen LogP contribution >= 0.6 is 0 Å². The third-order valence-electron chi connectivity index (χ3n) is 4.55. The first kappa shape index (κ1) is 18.2. The van der Waals surface area contributed by atoms with Crippen molar-refractivity contribution >= 4 is 18.0 Å². The third-order valence-corrected chi connectivity index (χ3v) is 4.55. The van der Waals surface area contributed by atoms with Gasteiger partial charge in [-0.2, -0.15) is 0 Å². The molecule has 1 unspecified atom stereocenters. The molecule has 0 aromatic carbocycles. The number of alkyl carbamates (subject to hydrolysis) is 1. The lowest BCUT2D eigenvalue weighted by molar-refractivity contribution is 0.0488. The van der Waals surface area contributed by atoms with Crippen LogP contribution in [0.15, 0.2) is 35.2 Å². The zero-order valence-electron chi connectivity index (χ0n) is 15.1. The summed E-state index contributed by atoms with van der Waals surface area (Å²) >= 11 is 0. The van der Waals surface area contributed by atoms with E-state index in [1.54, 1.807) is 25.7 Å². The summed E-state index contributed by atoms with van der Waals surface area (Å²) in [6.07, 6.45) is 5.67. The van der Waals surface area contributed by atoms with E-state index in [1.807, 2.05) is 30.1 Å². The predicted molar refractivity (Wildman–Crippen MR) is 93.3 cm³/mol. The second kappa shape index (κ2) is 6.96. The van der Waals surface area contributed by atoms with Crippen LogP contribution in [-0.2, 0) is 19.1 Å². The molecule has 7 heteroatoms. The van der Waals surface area contributed by atoms with Crippen LogP contribution in [-0.4, -0.2) is 53.8 Å². The molecule has 0 spiro atoms. The molecule has 0 aromatic heterocycles. The van der Waals surface area contributed by atoms with Crippen LogP contribution in [0.2, 0.25) is 0 Å². The fourth-order valence-corrected chi connectivity index (χ4v) is 3.53. The molecule has 26 heavy (non-hydrogen) atoms. The largest absolute Gasteiger partial charge is 0.444 e. The molecule has 0 radical (unpaired) electrons. The molecule has 138 valence electrons. The number of nitrogens with zero attached hydrogens (tertiary/aromatic N) is 1. The van der Waals surface area contributed by atoms with Gasteiger partial charge >= 0.3 is 6.09 Å². The summed E-state index contributed by atoms with van der Waals surface area (Å²) in [5, 5.41) is 2.78. The van der Waals surface area contributed by atoms with Gasteiger partial charge in [-0.1, -0.05) is 18.2 Å². The highest BCUT2D eigenvalue weighted by atomic mass is 16.6. The smallest absolute Gasteiger partial charge is 0.408 e. The Bertz CT molecular complexity index is 763. The minimum atomic E-state index is -0.625. The van der Waals surface area contributed by atoms with Crippen molar-refractivity contribution in [3.63, 3.8) is 0 Å². The van der Waals surface area contributed by atoms with Crippen molar-refractivity contribution < 1.29 is 23.9 Å². The Balaban J connectivity index is 1.85. The lowest BCUT2D eigenvalue weighted by Crippen LogP contribution is -2.50. The first-order chi connectivity index (χ1) is 12.4. The number of amides is 1. The minimum Gasteiger partial charge on any atom is -0.444 e. The molecular formula is C19H22N2O5. The van der Waals surface area contributed by atoms with E-state index in [4.69, 9.17) is 9.47 Å². The highest BCUT2D eigenvalue weighted by molar-refractivity contribution is 5.72. The van der Waals surface area contributed by atoms with Gasteiger partial charge in [0.2, 0.25) is 0 Å². The molecule has 1 amide bonds. The van der Waals surface area contributed by atoms with E-state index >= 15 is 0 Å². The van der Waals surface area contributed by atoms with Crippen LogP contribution in [0.5, 0.6) is 0 Å². The Hall–Kier alpha value is -2.59. The maximum Gasteiger partial charge on any atom is 0.408 e. The maximum absolute atomic E-state index is 12.1. The molecule has 3 aliphatic rings. The molecule has 1 N–H and O–H groups in total. The summed E-state index contributed by atoms with van der Waals surface area (Å²) < 4.78 is 10.8. The van der Waals surface area contributed by atoms with E-state index in [9.17, 15) is 14.4 Å². The molecule has 2 aliphatic heterocycles. The first-order valence-corrected chi connectivity index (χ1v) is 8.59. The number of hydrogen-bond acceptors (Lipinski definition) is 6. The minimum absolute atomic E-state index is 0.211. The fraction of sp³-hybridized carbons (Fsp3) is 0.526. The van der Waals surface area contributed by atoms with Crippen molar-refractivity contribution in [1.82, 2.24) is 10.2 Å². The number of likely N-dealkylation sites (tertiary alicyclic amines) is 1. The van der Waals surface area contributed by atoms with Gasteiger partial charge in [0.1, 0.15) is 22.9 Å². The van der Waals surface area contributed by atoms with Crippen LogP contribution in [0, 0.1) is 5.92 Å². The Morgan fingerprint density at radius 2 is 2.08 bits per heavy atom. The van der Waals surface area contributed by atoms with Crippen LogP contribution in [0.1, 0.15) is 27.2 Å². The molecule has 0 bridgehead atoms. The molecule has 2 heterocycles. The molecule has 2 saturated heterocycles. The second-order valence-corrected chi connectivity index (χ2v) is 7.50. The van der Waals surface area contributed by atoms with Crippen molar-refractivity contribution in [2.24, 2.45) is 5.92 Å². The summed E-state index contributed by atoms with van der Waals surface area (Å²) in [6.45, 7) is 5.87. The predicted octanol–water partition coefficient (Wildman–Crippen LogP) is 1.53. The van der Waals surface area contributed by atoms with Crippen molar-refractivity contribution in [1.29, 1.82) is 0 Å². The van der Waals surface area contributed by atoms with Gasteiger partial charge in [-0.15, -0.1) is 0 Å². The normalized spacial score (nSPS) is 27.6. The van der Waals surface area contributed by atoms with Gasteiger partial charge in [0.25, 0.3) is 0 Å². The van der Waals surface area contributed by atoms with Crippen molar-refractivity contribution in [3.8, 4) is 0 Å². The SMILES string of the molecule is CC(C)(C)OC(=O)N[C@H]1COC[C@H]1N1C(=C=O)C2=CC=CCC2C1=C=O. The van der Waals surface area contributed by atoms with Gasteiger partial charge in [-0.3, -0.25) is 0 Å². The highest BCUT2D eigenvalue weighted by Gasteiger charge is 2.46. The molecule has 3 rings (SSSR count). The average Bonchev–Trinajstić information content (AvgIpc) is 3.13. The van der Waals surface area contributed by atoms with Gasteiger partial charge in [-0.25, -0.2) is 14.4 Å². The monoisotopic (exact) mass is 358 g/mol. The summed E-state index contributed by atoms with van der Waals surface area (Å²) in [4.78, 5) is 37.1. The van der Waals surface area contributed by atoms with Crippen LogP contribution in [0.4, 0.5) is 4.79 Å². The van der Waals surface area contributed by atoms with Crippen LogP contribution in [0.3, 0.4) is 0 Å². The van der Waals surface area contributed by atoms with Gasteiger partial charge in [0, 0.05) is 5.92 Å². The van der Waals surface area contributed by atoms with E-state index in [-0.39, 0.29) is 19.1 Å². The molecule has 2 fully saturated rings. The molecule has 0 aromatic rings. The molecular weight excluding hydrogens is 336 g/mol. The number of fused-ring (bicyclic) bond motifs is 1. The van der Waals surface area contributed by atoms with E-state index in [2.05, 4.69) is 5.32 Å². The zero-order valence-corrected chi connectivity index (χ0v) is 15.1. The van der Waals surface area contributed by atoms with Crippen molar-refractivity contribution in [3.05, 3.63) is 35.2 Å². The number of carbonyl (C=O) groups is 1.